The Hall–Kier alpha value is -3.43. The van der Waals surface area contributed by atoms with Crippen LogP contribution in [-0.2, 0) is 9.59 Å². The van der Waals surface area contributed by atoms with E-state index in [1.165, 1.54) is 43.6 Å². The summed E-state index contributed by atoms with van der Waals surface area (Å²) in [5, 5.41) is 0.810. The lowest BCUT2D eigenvalue weighted by molar-refractivity contribution is -0.134. The maximum atomic E-state index is 14.1. The van der Waals surface area contributed by atoms with Crippen molar-refractivity contribution >= 4 is 63.4 Å². The lowest BCUT2D eigenvalue weighted by Gasteiger charge is -2.31. The predicted molar refractivity (Wildman–Crippen MR) is 122 cm³/mol. The van der Waals surface area contributed by atoms with E-state index in [0.717, 1.165) is 36.0 Å². The molecule has 0 radical (unpaired) electrons. The average Bonchev–Trinajstić information content (AvgIpc) is 3.26. The number of imide groups is 2. The Morgan fingerprint density at radius 1 is 0.844 bits per heavy atom. The van der Waals surface area contributed by atoms with Gasteiger partial charge in [0, 0.05) is 28.8 Å². The van der Waals surface area contributed by atoms with Crippen molar-refractivity contribution in [2.75, 3.05) is 19.0 Å². The first-order chi connectivity index (χ1) is 15.3. The molecule has 2 aromatic carbocycles. The van der Waals surface area contributed by atoms with Crippen LogP contribution in [0, 0.1) is 5.82 Å². The van der Waals surface area contributed by atoms with Crippen LogP contribution >= 0.6 is 23.1 Å². The topological polar surface area (TPSA) is 60.9 Å². The Kier molecular flexibility index (Phi) is 4.87. The molecule has 9 heteroatoms. The smallest absolute Gasteiger partial charge is 0.299 e. The number of hydrogen-bond acceptors (Lipinski definition) is 6. The van der Waals surface area contributed by atoms with E-state index in [-0.39, 0.29) is 11.4 Å². The number of anilines is 3. The Bertz CT molecular complexity index is 1310. The first-order valence-electron chi connectivity index (χ1n) is 9.63. The average molecular weight is 466 g/mol. The number of fused-ring (bicyclic) bond motifs is 2. The zero-order valence-electron chi connectivity index (χ0n) is 17.0. The fourth-order valence-electron chi connectivity index (χ4n) is 3.62. The van der Waals surface area contributed by atoms with Crippen LogP contribution < -0.4 is 4.90 Å². The van der Waals surface area contributed by atoms with E-state index in [9.17, 15) is 18.8 Å². The molecule has 3 heterocycles. The SMILES string of the molecule is CN1C(=O)C(=Cc2ccc(N3c4ccccc4Sc4ccc(F)cc43)s2)C(=O)N(C)C1=O. The first kappa shape index (κ1) is 20.5. The molecule has 0 N–H and O–H groups in total. The molecule has 4 amide bonds. The highest BCUT2D eigenvalue weighted by Gasteiger charge is 2.38. The molecule has 2 aliphatic heterocycles. The molecule has 0 unspecified atom stereocenters. The summed E-state index contributed by atoms with van der Waals surface area (Å²) in [6, 6.07) is 15.6. The standard InChI is InChI=1S/C23H16FN3O3S2/c1-25-21(28)15(22(29)26(2)23(25)30)12-14-8-10-20(31-14)27-16-5-3-4-6-18(16)32-19-9-7-13(24)11-17(19)27/h3-12H,1-2H3. The van der Waals surface area contributed by atoms with Gasteiger partial charge in [0.05, 0.1) is 11.4 Å². The highest BCUT2D eigenvalue weighted by atomic mass is 32.2. The van der Waals surface area contributed by atoms with Crippen molar-refractivity contribution in [3.63, 3.8) is 0 Å². The van der Waals surface area contributed by atoms with E-state index in [1.807, 2.05) is 35.2 Å². The number of para-hydroxylation sites is 1. The number of nitrogens with zero attached hydrogens (tertiary/aromatic N) is 3. The third-order valence-corrected chi connectivity index (χ3v) is 7.40. The van der Waals surface area contributed by atoms with Gasteiger partial charge in [-0.1, -0.05) is 23.9 Å². The second-order valence-corrected chi connectivity index (χ2v) is 9.44. The molecule has 2 aliphatic rings. The highest BCUT2D eigenvalue weighted by Crippen LogP contribution is 2.52. The molecular weight excluding hydrogens is 449 g/mol. The number of benzene rings is 2. The van der Waals surface area contributed by atoms with Crippen molar-refractivity contribution in [1.82, 2.24) is 9.80 Å². The van der Waals surface area contributed by atoms with Crippen LogP contribution in [0.25, 0.3) is 6.08 Å². The number of hydrogen-bond donors (Lipinski definition) is 0. The van der Waals surface area contributed by atoms with Crippen LogP contribution in [0.2, 0.25) is 0 Å². The van der Waals surface area contributed by atoms with E-state index >= 15 is 0 Å². The minimum atomic E-state index is -0.662. The second kappa shape index (κ2) is 7.61. The van der Waals surface area contributed by atoms with E-state index in [4.69, 9.17) is 0 Å². The first-order valence-corrected chi connectivity index (χ1v) is 11.3. The van der Waals surface area contributed by atoms with Crippen molar-refractivity contribution in [3.05, 3.63) is 70.9 Å². The number of carbonyl (C=O) groups is 3. The third-order valence-electron chi connectivity index (χ3n) is 5.25. The number of amides is 4. The minimum Gasteiger partial charge on any atom is -0.299 e. The lowest BCUT2D eigenvalue weighted by atomic mass is 10.1. The molecule has 32 heavy (non-hydrogen) atoms. The molecule has 0 saturated carbocycles. The van der Waals surface area contributed by atoms with Crippen molar-refractivity contribution in [3.8, 4) is 0 Å². The molecule has 1 aromatic heterocycles. The van der Waals surface area contributed by atoms with Crippen LogP contribution in [0.3, 0.4) is 0 Å². The summed E-state index contributed by atoms with van der Waals surface area (Å²) >= 11 is 2.94. The molecular formula is C23H16FN3O3S2. The van der Waals surface area contributed by atoms with E-state index < -0.39 is 17.8 Å². The predicted octanol–water partition coefficient (Wildman–Crippen LogP) is 5.26. The van der Waals surface area contributed by atoms with Crippen LogP contribution in [-0.4, -0.2) is 41.7 Å². The maximum Gasteiger partial charge on any atom is 0.333 e. The van der Waals surface area contributed by atoms with Gasteiger partial charge in [0.1, 0.15) is 16.4 Å². The summed E-state index contributed by atoms with van der Waals surface area (Å²) in [6.07, 6.45) is 1.50. The maximum absolute atomic E-state index is 14.1. The molecule has 6 nitrogen and oxygen atoms in total. The van der Waals surface area contributed by atoms with E-state index in [0.29, 0.717) is 4.88 Å². The molecule has 0 atom stereocenters. The molecule has 0 spiro atoms. The largest absolute Gasteiger partial charge is 0.333 e. The lowest BCUT2D eigenvalue weighted by Crippen LogP contribution is -2.52. The summed E-state index contributed by atoms with van der Waals surface area (Å²) in [5.41, 5.74) is 1.57. The molecule has 0 bridgehead atoms. The van der Waals surface area contributed by atoms with Crippen LogP contribution in [0.15, 0.2) is 70.0 Å². The van der Waals surface area contributed by atoms with Crippen molar-refractivity contribution in [2.24, 2.45) is 0 Å². The van der Waals surface area contributed by atoms with Gasteiger partial charge in [0.15, 0.2) is 0 Å². The fourth-order valence-corrected chi connectivity index (χ4v) is 5.64. The van der Waals surface area contributed by atoms with Crippen LogP contribution in [0.1, 0.15) is 4.88 Å². The Morgan fingerprint density at radius 3 is 2.28 bits per heavy atom. The monoisotopic (exact) mass is 465 g/mol. The van der Waals surface area contributed by atoms with Gasteiger partial charge in [0.2, 0.25) is 0 Å². The van der Waals surface area contributed by atoms with Crippen LogP contribution in [0.5, 0.6) is 0 Å². The van der Waals surface area contributed by atoms with Gasteiger partial charge >= 0.3 is 6.03 Å². The number of rotatable bonds is 2. The number of urea groups is 1. The van der Waals surface area contributed by atoms with E-state index in [1.54, 1.807) is 23.9 Å². The Morgan fingerprint density at radius 2 is 1.53 bits per heavy atom. The molecule has 5 rings (SSSR count). The zero-order chi connectivity index (χ0) is 22.6. The molecule has 3 aromatic rings. The Balaban J connectivity index is 1.58. The second-order valence-electron chi connectivity index (χ2n) is 7.26. The van der Waals surface area contributed by atoms with Gasteiger partial charge in [-0.15, -0.1) is 11.3 Å². The normalized spacial score (nSPS) is 15.8. The molecule has 1 saturated heterocycles. The van der Waals surface area contributed by atoms with Crippen LogP contribution in [0.4, 0.5) is 25.6 Å². The van der Waals surface area contributed by atoms with Gasteiger partial charge in [-0.2, -0.15) is 0 Å². The highest BCUT2D eigenvalue weighted by molar-refractivity contribution is 7.99. The van der Waals surface area contributed by atoms with Gasteiger partial charge in [-0.05, 0) is 48.5 Å². The third kappa shape index (κ3) is 3.21. The summed E-state index contributed by atoms with van der Waals surface area (Å²) in [4.78, 5) is 43.4. The fraction of sp³-hybridized carbons (Fsp3) is 0.0870. The summed E-state index contributed by atoms with van der Waals surface area (Å²) in [6.45, 7) is 0. The molecule has 1 fully saturated rings. The van der Waals surface area contributed by atoms with Gasteiger partial charge in [-0.3, -0.25) is 24.3 Å². The minimum absolute atomic E-state index is 0.0796. The molecule has 160 valence electrons. The number of likely N-dealkylation sites (N-methyl/N-ethyl adjacent to an activating group) is 2. The van der Waals surface area contributed by atoms with Gasteiger partial charge in [0.25, 0.3) is 11.8 Å². The molecule has 0 aliphatic carbocycles. The van der Waals surface area contributed by atoms with Crippen molar-refractivity contribution in [1.29, 1.82) is 0 Å². The number of barbiturate groups is 1. The van der Waals surface area contributed by atoms with Gasteiger partial charge in [-0.25, -0.2) is 9.18 Å². The number of thiophene rings is 1. The zero-order valence-corrected chi connectivity index (χ0v) is 18.7. The quantitative estimate of drug-likeness (QED) is 0.299. The van der Waals surface area contributed by atoms with E-state index in [2.05, 4.69) is 0 Å². The van der Waals surface area contributed by atoms with Crippen molar-refractivity contribution in [2.45, 2.75) is 9.79 Å². The summed E-state index contributed by atoms with van der Waals surface area (Å²) in [7, 11) is 2.68. The summed E-state index contributed by atoms with van der Waals surface area (Å²) in [5.74, 6) is -1.61. The van der Waals surface area contributed by atoms with Crippen molar-refractivity contribution < 1.29 is 18.8 Å². The Labute approximate surface area is 191 Å². The number of halogens is 1. The van der Waals surface area contributed by atoms with Gasteiger partial charge < -0.3 is 0 Å². The number of carbonyl (C=O) groups excluding carboxylic acids is 3. The summed E-state index contributed by atoms with van der Waals surface area (Å²) < 4.78 is 14.1.